The predicted octanol–water partition coefficient (Wildman–Crippen LogP) is 4.29. The summed E-state index contributed by atoms with van der Waals surface area (Å²) in [4.78, 5) is 11.3. The van der Waals surface area contributed by atoms with Crippen LogP contribution in [-0.2, 0) is 0 Å². The van der Waals surface area contributed by atoms with E-state index in [0.29, 0.717) is 10.0 Å². The standard InChI is InChI=1S/C15H11Cl2N3/c16-12-3-1-2-11(15(12)17)14(13-8-19-9-20-13)10-4-6-18-7-5-10/h1-9,14H,(H,19,20). The van der Waals surface area contributed by atoms with Gasteiger partial charge in [0.1, 0.15) is 0 Å². The molecule has 0 aliphatic carbocycles. The molecule has 3 nitrogen and oxygen atoms in total. The second kappa shape index (κ2) is 5.65. The third-order valence-electron chi connectivity index (χ3n) is 3.16. The highest BCUT2D eigenvalue weighted by molar-refractivity contribution is 6.42. The largest absolute Gasteiger partial charge is 0.348 e. The van der Waals surface area contributed by atoms with E-state index in [4.69, 9.17) is 23.2 Å². The van der Waals surface area contributed by atoms with Gasteiger partial charge in [0.2, 0.25) is 0 Å². The zero-order chi connectivity index (χ0) is 13.9. The van der Waals surface area contributed by atoms with Crippen LogP contribution in [0.25, 0.3) is 0 Å². The molecular weight excluding hydrogens is 293 g/mol. The number of hydrogen-bond acceptors (Lipinski definition) is 2. The molecule has 0 aliphatic heterocycles. The quantitative estimate of drug-likeness (QED) is 0.784. The summed E-state index contributed by atoms with van der Waals surface area (Å²) in [5.41, 5.74) is 2.98. The number of halogens is 2. The first-order valence-corrected chi connectivity index (χ1v) is 6.85. The van der Waals surface area contributed by atoms with E-state index in [1.807, 2.05) is 24.3 Å². The van der Waals surface area contributed by atoms with Crippen molar-refractivity contribution in [2.45, 2.75) is 5.92 Å². The van der Waals surface area contributed by atoms with Gasteiger partial charge in [-0.25, -0.2) is 4.98 Å². The van der Waals surface area contributed by atoms with Crippen molar-refractivity contribution in [3.05, 3.63) is 82.1 Å². The van der Waals surface area contributed by atoms with Crippen molar-refractivity contribution in [1.29, 1.82) is 0 Å². The molecule has 0 saturated carbocycles. The molecule has 2 aromatic heterocycles. The minimum absolute atomic E-state index is 0.0494. The molecule has 3 aromatic rings. The second-order valence-corrected chi connectivity index (χ2v) is 5.15. The van der Waals surface area contributed by atoms with Crippen LogP contribution in [0.4, 0.5) is 0 Å². The lowest BCUT2D eigenvalue weighted by molar-refractivity contribution is 0.928. The number of nitrogens with one attached hydrogen (secondary N) is 1. The summed E-state index contributed by atoms with van der Waals surface area (Å²) < 4.78 is 0. The summed E-state index contributed by atoms with van der Waals surface area (Å²) in [5.74, 6) is -0.0494. The summed E-state index contributed by atoms with van der Waals surface area (Å²) in [6.45, 7) is 0. The predicted molar refractivity (Wildman–Crippen MR) is 80.2 cm³/mol. The summed E-state index contributed by atoms with van der Waals surface area (Å²) in [6, 6.07) is 9.57. The lowest BCUT2D eigenvalue weighted by Gasteiger charge is -2.18. The van der Waals surface area contributed by atoms with Crippen molar-refractivity contribution >= 4 is 23.2 Å². The Kier molecular flexibility index (Phi) is 3.72. The van der Waals surface area contributed by atoms with Gasteiger partial charge in [0.05, 0.1) is 22.3 Å². The molecule has 0 amide bonds. The number of aromatic amines is 1. The number of imidazole rings is 1. The van der Waals surface area contributed by atoms with Crippen molar-refractivity contribution in [1.82, 2.24) is 15.0 Å². The van der Waals surface area contributed by atoms with Crippen LogP contribution in [-0.4, -0.2) is 15.0 Å². The fraction of sp³-hybridized carbons (Fsp3) is 0.0667. The summed E-state index contributed by atoms with van der Waals surface area (Å²) >= 11 is 12.5. The zero-order valence-electron chi connectivity index (χ0n) is 10.4. The number of hydrogen-bond donors (Lipinski definition) is 1. The number of rotatable bonds is 3. The molecule has 0 radical (unpaired) electrons. The lowest BCUT2D eigenvalue weighted by atomic mass is 9.89. The van der Waals surface area contributed by atoms with E-state index >= 15 is 0 Å². The molecule has 0 aliphatic rings. The van der Waals surface area contributed by atoms with Crippen molar-refractivity contribution in [3.63, 3.8) is 0 Å². The Balaban J connectivity index is 2.19. The highest BCUT2D eigenvalue weighted by Gasteiger charge is 2.21. The van der Waals surface area contributed by atoms with Gasteiger partial charge in [-0.15, -0.1) is 0 Å². The summed E-state index contributed by atoms with van der Waals surface area (Å²) in [6.07, 6.45) is 6.97. The van der Waals surface area contributed by atoms with E-state index in [1.165, 1.54) is 0 Å². The van der Waals surface area contributed by atoms with Crippen molar-refractivity contribution in [3.8, 4) is 0 Å². The number of benzene rings is 1. The molecule has 0 saturated heterocycles. The van der Waals surface area contributed by atoms with Crippen LogP contribution in [0.1, 0.15) is 22.7 Å². The Morgan fingerprint density at radius 1 is 1.00 bits per heavy atom. The Hall–Kier alpha value is -1.84. The van der Waals surface area contributed by atoms with Crippen LogP contribution in [0, 0.1) is 0 Å². The van der Waals surface area contributed by atoms with Gasteiger partial charge in [-0.3, -0.25) is 4.98 Å². The summed E-state index contributed by atoms with van der Waals surface area (Å²) in [7, 11) is 0. The molecule has 0 bridgehead atoms. The average molecular weight is 304 g/mol. The zero-order valence-corrected chi connectivity index (χ0v) is 11.9. The maximum absolute atomic E-state index is 6.37. The number of pyridine rings is 1. The SMILES string of the molecule is Clc1cccc(C(c2ccncc2)c2cnc[nH]2)c1Cl. The molecule has 2 heterocycles. The van der Waals surface area contributed by atoms with Gasteiger partial charge in [0, 0.05) is 24.3 Å². The number of aromatic nitrogens is 3. The molecule has 20 heavy (non-hydrogen) atoms. The summed E-state index contributed by atoms with van der Waals surface area (Å²) in [5, 5.41) is 1.10. The minimum Gasteiger partial charge on any atom is -0.348 e. The molecular formula is C15H11Cl2N3. The van der Waals surface area contributed by atoms with Gasteiger partial charge in [-0.1, -0.05) is 35.3 Å². The van der Waals surface area contributed by atoms with E-state index < -0.39 is 0 Å². The molecule has 1 unspecified atom stereocenters. The van der Waals surface area contributed by atoms with Gasteiger partial charge in [0.15, 0.2) is 0 Å². The van der Waals surface area contributed by atoms with E-state index in [1.54, 1.807) is 31.0 Å². The second-order valence-electron chi connectivity index (χ2n) is 4.36. The van der Waals surface area contributed by atoms with Crippen molar-refractivity contribution < 1.29 is 0 Å². The van der Waals surface area contributed by atoms with Gasteiger partial charge in [-0.05, 0) is 29.3 Å². The van der Waals surface area contributed by atoms with Crippen molar-refractivity contribution in [2.75, 3.05) is 0 Å². The van der Waals surface area contributed by atoms with E-state index in [9.17, 15) is 0 Å². The molecule has 0 spiro atoms. The number of H-pyrrole nitrogens is 1. The lowest BCUT2D eigenvalue weighted by Crippen LogP contribution is -2.05. The van der Waals surface area contributed by atoms with Crippen LogP contribution in [0.15, 0.2) is 55.2 Å². The third kappa shape index (κ3) is 2.42. The smallest absolute Gasteiger partial charge is 0.0922 e. The van der Waals surface area contributed by atoms with Gasteiger partial charge in [0.25, 0.3) is 0 Å². The monoisotopic (exact) mass is 303 g/mol. The average Bonchev–Trinajstić information content (AvgIpc) is 2.99. The number of nitrogens with zero attached hydrogens (tertiary/aromatic N) is 2. The van der Waals surface area contributed by atoms with E-state index in [-0.39, 0.29) is 5.92 Å². The highest BCUT2D eigenvalue weighted by Crippen LogP contribution is 2.37. The van der Waals surface area contributed by atoms with Crippen LogP contribution >= 0.6 is 23.2 Å². The first-order chi connectivity index (χ1) is 9.77. The molecule has 3 rings (SSSR count). The molecule has 5 heteroatoms. The first kappa shape index (κ1) is 13.2. The van der Waals surface area contributed by atoms with Crippen LogP contribution in [0.2, 0.25) is 10.0 Å². The fourth-order valence-corrected chi connectivity index (χ4v) is 2.67. The molecule has 1 atom stereocenters. The molecule has 100 valence electrons. The first-order valence-electron chi connectivity index (χ1n) is 6.09. The third-order valence-corrected chi connectivity index (χ3v) is 4.00. The maximum Gasteiger partial charge on any atom is 0.0922 e. The molecule has 0 fully saturated rings. The highest BCUT2D eigenvalue weighted by atomic mass is 35.5. The van der Waals surface area contributed by atoms with Crippen LogP contribution in [0.5, 0.6) is 0 Å². The normalized spacial score (nSPS) is 12.3. The van der Waals surface area contributed by atoms with Crippen molar-refractivity contribution in [2.24, 2.45) is 0 Å². The Morgan fingerprint density at radius 2 is 1.80 bits per heavy atom. The van der Waals surface area contributed by atoms with Gasteiger partial charge < -0.3 is 4.98 Å². The topological polar surface area (TPSA) is 41.6 Å². The van der Waals surface area contributed by atoms with E-state index in [2.05, 4.69) is 15.0 Å². The van der Waals surface area contributed by atoms with Crippen LogP contribution in [0.3, 0.4) is 0 Å². The fourth-order valence-electron chi connectivity index (χ4n) is 2.25. The van der Waals surface area contributed by atoms with Crippen LogP contribution < -0.4 is 0 Å². The Morgan fingerprint density at radius 3 is 2.50 bits per heavy atom. The van der Waals surface area contributed by atoms with Gasteiger partial charge >= 0.3 is 0 Å². The van der Waals surface area contributed by atoms with E-state index in [0.717, 1.165) is 16.8 Å². The Bertz CT molecular complexity index is 696. The molecule has 1 aromatic carbocycles. The maximum atomic E-state index is 6.37. The molecule has 1 N–H and O–H groups in total. The minimum atomic E-state index is -0.0494. The van der Waals surface area contributed by atoms with Gasteiger partial charge in [-0.2, -0.15) is 0 Å². The Labute approximate surface area is 126 Å².